The van der Waals surface area contributed by atoms with E-state index in [1.807, 2.05) is 0 Å². The lowest BCUT2D eigenvalue weighted by Gasteiger charge is -2.34. The van der Waals surface area contributed by atoms with E-state index in [1.165, 1.54) is 108 Å². The molecule has 0 saturated heterocycles. The van der Waals surface area contributed by atoms with Gasteiger partial charge in [0.25, 0.3) is 6.47 Å². The van der Waals surface area contributed by atoms with Gasteiger partial charge in [0.2, 0.25) is 0 Å². The summed E-state index contributed by atoms with van der Waals surface area (Å²) in [5.74, 6) is -0.666. The van der Waals surface area contributed by atoms with Crippen LogP contribution in [0.5, 0.6) is 0 Å². The minimum Gasteiger partial charge on any atom is -0.481 e. The first-order valence-electron chi connectivity index (χ1n) is 14.7. The van der Waals surface area contributed by atoms with Crippen molar-refractivity contribution in [2.75, 3.05) is 6.61 Å². The summed E-state index contributed by atoms with van der Waals surface area (Å²) in [6.07, 6.45) is 22.6. The molecule has 37 heavy (non-hydrogen) atoms. The summed E-state index contributed by atoms with van der Waals surface area (Å²) in [7, 11) is -3.11. The highest BCUT2D eigenvalue weighted by Gasteiger charge is 2.32. The molecule has 0 unspecified atom stereocenters. The van der Waals surface area contributed by atoms with Gasteiger partial charge in [-0.15, -0.1) is 0 Å². The summed E-state index contributed by atoms with van der Waals surface area (Å²) < 4.78 is 11.5. The average Bonchev–Trinajstić information content (AvgIpc) is 2.77. The Balaban J connectivity index is -0.00000578. The van der Waals surface area contributed by atoms with Crippen LogP contribution in [-0.2, 0) is 18.4 Å². The van der Waals surface area contributed by atoms with Crippen molar-refractivity contribution in [3.05, 3.63) is 0 Å². The molecule has 224 valence electrons. The van der Waals surface area contributed by atoms with Gasteiger partial charge < -0.3 is 14.0 Å². The first-order chi connectivity index (χ1) is 16.7. The monoisotopic (exact) mass is 562 g/mol. The Morgan fingerprint density at radius 3 is 1.27 bits per heavy atom. The van der Waals surface area contributed by atoms with Crippen LogP contribution in [0.25, 0.3) is 0 Å². The number of hydrogen-bond donors (Lipinski definition) is 1. The topological polar surface area (TPSA) is 72.8 Å². The highest BCUT2D eigenvalue weighted by molar-refractivity contribution is 6.84. The van der Waals surface area contributed by atoms with Gasteiger partial charge in [0, 0.05) is 6.42 Å². The Morgan fingerprint density at radius 2 is 0.919 bits per heavy atom. The van der Waals surface area contributed by atoms with Gasteiger partial charge in [0.1, 0.15) is 0 Å². The highest BCUT2D eigenvalue weighted by atomic mass is 28.4. The molecule has 0 aliphatic rings. The van der Waals surface area contributed by atoms with Crippen LogP contribution in [0.15, 0.2) is 0 Å². The maximum atomic E-state index is 10.5. The van der Waals surface area contributed by atoms with Crippen LogP contribution in [0, 0.1) is 0 Å². The number of aliphatic carboxylic acids is 1. The summed E-state index contributed by atoms with van der Waals surface area (Å²) in [5, 5.41) is 8.65. The van der Waals surface area contributed by atoms with Gasteiger partial charge >= 0.3 is 5.97 Å². The standard InChI is InChI=1S/C28H58O5Si2.2CH4/c1-34(2,25-21-17-13-9-5-7-11-15-19-23-28(30)31)33-35(3,4)26-22-18-14-10-6-8-12-16-20-24-32-27-29;;/h27H,5-26H2,1-4H3,(H,30,31);2*1H4. The second-order valence-electron chi connectivity index (χ2n) is 11.6. The smallest absolute Gasteiger partial charge is 0.303 e. The predicted molar refractivity (Wildman–Crippen MR) is 166 cm³/mol. The molecule has 0 aliphatic carbocycles. The van der Waals surface area contributed by atoms with Crippen molar-refractivity contribution >= 4 is 29.1 Å². The van der Waals surface area contributed by atoms with Crippen LogP contribution < -0.4 is 0 Å². The molecule has 0 atom stereocenters. The number of carbonyl (C=O) groups excluding carboxylic acids is 1. The van der Waals surface area contributed by atoms with Gasteiger partial charge in [0.15, 0.2) is 16.6 Å². The predicted octanol–water partition coefficient (Wildman–Crippen LogP) is 10.4. The molecule has 5 nitrogen and oxygen atoms in total. The van der Waals surface area contributed by atoms with Crippen LogP contribution in [0.4, 0.5) is 0 Å². The first kappa shape index (κ1) is 40.8. The van der Waals surface area contributed by atoms with E-state index in [2.05, 4.69) is 26.2 Å². The van der Waals surface area contributed by atoms with Crippen LogP contribution >= 0.6 is 0 Å². The third kappa shape index (κ3) is 31.4. The molecule has 0 amide bonds. The Bertz CT molecular complexity index is 512. The highest BCUT2D eigenvalue weighted by Crippen LogP contribution is 2.26. The molecule has 0 aliphatic heterocycles. The van der Waals surface area contributed by atoms with E-state index < -0.39 is 22.6 Å². The number of unbranched alkanes of at least 4 members (excludes halogenated alkanes) is 16. The fourth-order valence-electron chi connectivity index (χ4n) is 4.94. The van der Waals surface area contributed by atoms with Crippen LogP contribution in [0.2, 0.25) is 38.3 Å². The molecular formula is C30H66O5Si2. The lowest BCUT2D eigenvalue weighted by atomic mass is 10.1. The molecule has 0 fully saturated rings. The molecule has 0 aromatic carbocycles. The summed E-state index contributed by atoms with van der Waals surface area (Å²) in [4.78, 5) is 20.6. The number of carboxylic acids is 1. The van der Waals surface area contributed by atoms with Gasteiger partial charge in [-0.2, -0.15) is 0 Å². The molecule has 0 aromatic heterocycles. The van der Waals surface area contributed by atoms with E-state index in [9.17, 15) is 9.59 Å². The summed E-state index contributed by atoms with van der Waals surface area (Å²) in [6.45, 7) is 10.8. The van der Waals surface area contributed by atoms with Crippen molar-refractivity contribution < 1.29 is 23.5 Å². The molecular weight excluding hydrogens is 496 g/mol. The zero-order valence-corrected chi connectivity index (χ0v) is 25.7. The van der Waals surface area contributed by atoms with Crippen molar-refractivity contribution in [3.63, 3.8) is 0 Å². The number of ether oxygens (including phenoxy) is 1. The van der Waals surface area contributed by atoms with Crippen molar-refractivity contribution in [1.82, 2.24) is 0 Å². The van der Waals surface area contributed by atoms with Gasteiger partial charge in [-0.25, -0.2) is 0 Å². The van der Waals surface area contributed by atoms with E-state index in [4.69, 9.17) is 14.0 Å². The Labute approximate surface area is 234 Å². The third-order valence-electron chi connectivity index (χ3n) is 6.83. The molecule has 0 rings (SSSR count). The fraction of sp³-hybridized carbons (Fsp3) is 0.933. The molecule has 1 N–H and O–H groups in total. The van der Waals surface area contributed by atoms with E-state index in [0.29, 0.717) is 19.5 Å². The van der Waals surface area contributed by atoms with Gasteiger partial charge in [-0.3, -0.25) is 9.59 Å². The van der Waals surface area contributed by atoms with Crippen LogP contribution in [0.1, 0.15) is 137 Å². The molecule has 0 heterocycles. The number of carbonyl (C=O) groups is 2. The average molecular weight is 563 g/mol. The molecule has 0 bridgehead atoms. The van der Waals surface area contributed by atoms with Gasteiger partial charge in [-0.05, 0) is 51.1 Å². The van der Waals surface area contributed by atoms with E-state index in [0.717, 1.165) is 19.3 Å². The van der Waals surface area contributed by atoms with Crippen molar-refractivity contribution in [2.45, 2.75) is 175 Å². The maximum absolute atomic E-state index is 10.5. The Hall–Kier alpha value is -0.666. The summed E-state index contributed by atoms with van der Waals surface area (Å²) in [6, 6.07) is 2.59. The van der Waals surface area contributed by atoms with E-state index >= 15 is 0 Å². The minimum atomic E-state index is -1.56. The normalized spacial score (nSPS) is 11.5. The quantitative estimate of drug-likeness (QED) is 0.0612. The summed E-state index contributed by atoms with van der Waals surface area (Å²) in [5.41, 5.74) is 0. The molecule has 0 saturated carbocycles. The third-order valence-corrected chi connectivity index (χ3v) is 14.4. The lowest BCUT2D eigenvalue weighted by Crippen LogP contribution is -2.44. The van der Waals surface area contributed by atoms with E-state index in [-0.39, 0.29) is 14.9 Å². The molecule has 7 heteroatoms. The SMILES string of the molecule is C.C.C[Si](C)(CCCCCCCCCCCOC=O)O[Si](C)(C)CCCCCCCCCCCC(=O)O. The fourth-order valence-corrected chi connectivity index (χ4v) is 13.9. The number of rotatable bonds is 27. The molecule has 0 radical (unpaired) electrons. The van der Waals surface area contributed by atoms with E-state index in [1.54, 1.807) is 0 Å². The van der Waals surface area contributed by atoms with Crippen LogP contribution in [-0.4, -0.2) is 40.8 Å². The lowest BCUT2D eigenvalue weighted by molar-refractivity contribution is -0.137. The molecule has 0 aromatic rings. The Morgan fingerprint density at radius 1 is 0.595 bits per heavy atom. The van der Waals surface area contributed by atoms with Crippen LogP contribution in [0.3, 0.4) is 0 Å². The maximum Gasteiger partial charge on any atom is 0.303 e. The Kier molecular flexibility index (Phi) is 29.7. The van der Waals surface area contributed by atoms with Crippen molar-refractivity contribution in [1.29, 1.82) is 0 Å². The summed E-state index contributed by atoms with van der Waals surface area (Å²) >= 11 is 0. The van der Waals surface area contributed by atoms with Gasteiger partial charge in [-0.1, -0.05) is 118 Å². The number of carboxylic acid groups (broad SMARTS) is 1. The van der Waals surface area contributed by atoms with Crippen molar-refractivity contribution in [2.24, 2.45) is 0 Å². The second kappa shape index (κ2) is 26.9. The zero-order chi connectivity index (χ0) is 26.3. The molecule has 0 spiro atoms. The zero-order valence-electron chi connectivity index (χ0n) is 23.7. The number of hydrogen-bond acceptors (Lipinski definition) is 4. The van der Waals surface area contributed by atoms with Gasteiger partial charge in [0.05, 0.1) is 6.61 Å². The minimum absolute atomic E-state index is 0. The second-order valence-corrected chi connectivity index (χ2v) is 20.5. The van der Waals surface area contributed by atoms with Crippen molar-refractivity contribution in [3.8, 4) is 0 Å². The first-order valence-corrected chi connectivity index (χ1v) is 20.9. The largest absolute Gasteiger partial charge is 0.481 e.